The van der Waals surface area contributed by atoms with Gasteiger partial charge in [-0.1, -0.05) is 0 Å². The van der Waals surface area contributed by atoms with Crippen LogP contribution in [-0.2, 0) is 13.0 Å². The molecular weight excluding hydrogens is 260 g/mol. The molecule has 0 aromatic carbocycles. The summed E-state index contributed by atoms with van der Waals surface area (Å²) in [6, 6.07) is 6.91. The van der Waals surface area contributed by atoms with Crippen LogP contribution in [0.25, 0.3) is 0 Å². The van der Waals surface area contributed by atoms with E-state index in [0.717, 1.165) is 12.1 Å². The molecular formula is C14H14N2S2. The lowest BCUT2D eigenvalue weighted by molar-refractivity contribution is 0.465. The summed E-state index contributed by atoms with van der Waals surface area (Å²) in [4.78, 5) is 2.79. The van der Waals surface area contributed by atoms with E-state index in [1.54, 1.807) is 16.2 Å². The Balaban J connectivity index is 1.67. The molecule has 1 unspecified atom stereocenters. The van der Waals surface area contributed by atoms with Crippen LogP contribution >= 0.6 is 22.7 Å². The maximum Gasteiger partial charge on any atom is 0.100 e. The number of hydrogen-bond acceptors (Lipinski definition) is 4. The Morgan fingerprint density at radius 1 is 1.44 bits per heavy atom. The van der Waals surface area contributed by atoms with Gasteiger partial charge in [0.15, 0.2) is 0 Å². The highest BCUT2D eigenvalue weighted by molar-refractivity contribution is 7.10. The minimum Gasteiger partial charge on any atom is -0.305 e. The molecule has 0 saturated heterocycles. The number of thiophene rings is 2. The average molecular weight is 274 g/mol. The van der Waals surface area contributed by atoms with Gasteiger partial charge in [0.2, 0.25) is 0 Å². The molecule has 0 aliphatic heterocycles. The highest BCUT2D eigenvalue weighted by Crippen LogP contribution is 2.33. The molecule has 0 bridgehead atoms. The van der Waals surface area contributed by atoms with Crippen LogP contribution in [0.1, 0.15) is 39.8 Å². The third-order valence-electron chi connectivity index (χ3n) is 3.36. The largest absolute Gasteiger partial charge is 0.305 e. The van der Waals surface area contributed by atoms with Gasteiger partial charge in [0.05, 0.1) is 5.56 Å². The van der Waals surface area contributed by atoms with Crippen molar-refractivity contribution >= 4 is 22.7 Å². The Bertz CT molecular complexity index is 577. The number of fused-ring (bicyclic) bond motifs is 1. The summed E-state index contributed by atoms with van der Waals surface area (Å²) in [5, 5.41) is 16.6. The molecule has 2 aromatic rings. The minimum atomic E-state index is 0.493. The van der Waals surface area contributed by atoms with E-state index in [0.29, 0.717) is 6.04 Å². The predicted octanol–water partition coefficient (Wildman–Crippen LogP) is 3.85. The fourth-order valence-corrected chi connectivity index (χ4v) is 4.20. The van der Waals surface area contributed by atoms with Gasteiger partial charge in [0.25, 0.3) is 0 Å². The summed E-state index contributed by atoms with van der Waals surface area (Å²) in [5.74, 6) is 0. The van der Waals surface area contributed by atoms with Gasteiger partial charge in [0.1, 0.15) is 6.07 Å². The Kier molecular flexibility index (Phi) is 3.46. The summed E-state index contributed by atoms with van der Waals surface area (Å²) >= 11 is 3.54. The highest BCUT2D eigenvalue weighted by Gasteiger charge is 2.20. The van der Waals surface area contributed by atoms with Gasteiger partial charge in [-0.2, -0.15) is 5.26 Å². The van der Waals surface area contributed by atoms with E-state index < -0.39 is 0 Å². The van der Waals surface area contributed by atoms with E-state index in [9.17, 15) is 0 Å². The molecule has 1 N–H and O–H groups in total. The first-order valence-corrected chi connectivity index (χ1v) is 7.90. The van der Waals surface area contributed by atoms with E-state index in [1.807, 2.05) is 22.8 Å². The molecule has 18 heavy (non-hydrogen) atoms. The number of nitrogens with zero attached hydrogens (tertiary/aromatic N) is 1. The molecule has 2 aromatic heterocycles. The molecule has 1 aliphatic carbocycles. The first-order chi connectivity index (χ1) is 8.86. The molecule has 92 valence electrons. The normalized spacial score (nSPS) is 18.3. The van der Waals surface area contributed by atoms with Gasteiger partial charge in [-0.05, 0) is 42.3 Å². The van der Waals surface area contributed by atoms with E-state index in [1.165, 1.54) is 29.7 Å². The van der Waals surface area contributed by atoms with Crippen molar-refractivity contribution in [3.8, 4) is 6.07 Å². The van der Waals surface area contributed by atoms with Crippen LogP contribution in [0.4, 0.5) is 0 Å². The SMILES string of the molecule is N#Cc1csc(CNC2CCCc3sccc32)c1. The van der Waals surface area contributed by atoms with E-state index in [4.69, 9.17) is 5.26 Å². The van der Waals surface area contributed by atoms with Gasteiger partial charge in [-0.15, -0.1) is 22.7 Å². The molecule has 0 fully saturated rings. The maximum atomic E-state index is 8.81. The fraction of sp³-hybridized carbons (Fsp3) is 0.357. The van der Waals surface area contributed by atoms with Crippen molar-refractivity contribution in [1.82, 2.24) is 5.32 Å². The van der Waals surface area contributed by atoms with E-state index >= 15 is 0 Å². The van der Waals surface area contributed by atoms with Crippen LogP contribution in [0.15, 0.2) is 22.9 Å². The molecule has 0 spiro atoms. The van der Waals surface area contributed by atoms with Crippen LogP contribution in [0.5, 0.6) is 0 Å². The monoisotopic (exact) mass is 274 g/mol. The molecule has 0 radical (unpaired) electrons. The minimum absolute atomic E-state index is 0.493. The zero-order chi connectivity index (χ0) is 12.4. The van der Waals surface area contributed by atoms with Crippen LogP contribution in [0.3, 0.4) is 0 Å². The quantitative estimate of drug-likeness (QED) is 0.923. The van der Waals surface area contributed by atoms with Gasteiger partial charge in [-0.25, -0.2) is 0 Å². The van der Waals surface area contributed by atoms with Gasteiger partial charge >= 0.3 is 0 Å². The van der Waals surface area contributed by atoms with Crippen molar-refractivity contribution in [1.29, 1.82) is 5.26 Å². The van der Waals surface area contributed by atoms with Crippen molar-refractivity contribution in [2.45, 2.75) is 31.8 Å². The molecule has 1 atom stereocenters. The molecule has 2 nitrogen and oxygen atoms in total. The second-order valence-electron chi connectivity index (χ2n) is 4.54. The van der Waals surface area contributed by atoms with Crippen molar-refractivity contribution in [3.63, 3.8) is 0 Å². The summed E-state index contributed by atoms with van der Waals surface area (Å²) in [6.45, 7) is 0.867. The number of nitrogens with one attached hydrogen (secondary N) is 1. The number of nitriles is 1. The second kappa shape index (κ2) is 5.23. The van der Waals surface area contributed by atoms with Crippen molar-refractivity contribution in [2.24, 2.45) is 0 Å². The van der Waals surface area contributed by atoms with Crippen molar-refractivity contribution < 1.29 is 0 Å². The van der Waals surface area contributed by atoms with Crippen LogP contribution in [0, 0.1) is 11.3 Å². The average Bonchev–Trinajstić information content (AvgIpc) is 3.05. The van der Waals surface area contributed by atoms with Crippen LogP contribution < -0.4 is 5.32 Å². The lowest BCUT2D eigenvalue weighted by Gasteiger charge is -2.23. The summed E-state index contributed by atoms with van der Waals surface area (Å²) in [6.07, 6.45) is 3.74. The highest BCUT2D eigenvalue weighted by atomic mass is 32.1. The van der Waals surface area contributed by atoms with E-state index in [-0.39, 0.29) is 0 Å². The molecule has 0 amide bonds. The Labute approximate surface area is 115 Å². The number of hydrogen-bond donors (Lipinski definition) is 1. The Morgan fingerprint density at radius 3 is 3.22 bits per heavy atom. The lowest BCUT2D eigenvalue weighted by atomic mass is 9.94. The van der Waals surface area contributed by atoms with E-state index in [2.05, 4.69) is 22.8 Å². The standard InChI is InChI=1S/C14H14N2S2/c15-7-10-6-11(18-9-10)8-16-13-2-1-3-14-12(13)4-5-17-14/h4-6,9,13,16H,1-3,8H2. The third-order valence-corrected chi connectivity index (χ3v) is 5.29. The Hall–Kier alpha value is -1.15. The zero-order valence-electron chi connectivity index (χ0n) is 9.98. The van der Waals surface area contributed by atoms with Crippen molar-refractivity contribution in [3.05, 3.63) is 43.8 Å². The van der Waals surface area contributed by atoms with Crippen LogP contribution in [0.2, 0.25) is 0 Å². The molecule has 0 saturated carbocycles. The van der Waals surface area contributed by atoms with Crippen molar-refractivity contribution in [2.75, 3.05) is 0 Å². The van der Waals surface area contributed by atoms with Gasteiger partial charge in [0, 0.05) is 27.7 Å². The number of aryl methyl sites for hydroxylation is 1. The van der Waals surface area contributed by atoms with Crippen LogP contribution in [-0.4, -0.2) is 0 Å². The topological polar surface area (TPSA) is 35.8 Å². The summed E-state index contributed by atoms with van der Waals surface area (Å²) in [5.41, 5.74) is 2.26. The maximum absolute atomic E-state index is 8.81. The fourth-order valence-electron chi connectivity index (χ4n) is 2.45. The van der Waals surface area contributed by atoms with Gasteiger partial charge in [-0.3, -0.25) is 0 Å². The zero-order valence-corrected chi connectivity index (χ0v) is 11.6. The van der Waals surface area contributed by atoms with Gasteiger partial charge < -0.3 is 5.32 Å². The molecule has 2 heterocycles. The first-order valence-electron chi connectivity index (χ1n) is 6.14. The molecule has 1 aliphatic rings. The smallest absolute Gasteiger partial charge is 0.100 e. The summed E-state index contributed by atoms with van der Waals surface area (Å²) < 4.78 is 0. The third kappa shape index (κ3) is 2.35. The molecule has 3 rings (SSSR count). The lowest BCUT2D eigenvalue weighted by Crippen LogP contribution is -2.23. The molecule has 4 heteroatoms. The first kappa shape index (κ1) is 11.9. The second-order valence-corrected chi connectivity index (χ2v) is 6.53. The number of rotatable bonds is 3. The summed E-state index contributed by atoms with van der Waals surface area (Å²) in [7, 11) is 0. The predicted molar refractivity (Wildman–Crippen MR) is 75.9 cm³/mol. The Morgan fingerprint density at radius 2 is 2.39 bits per heavy atom.